The fourth-order valence-corrected chi connectivity index (χ4v) is 4.68. The normalized spacial score (nSPS) is 22.0. The van der Waals surface area contributed by atoms with Gasteiger partial charge in [-0.3, -0.25) is 4.79 Å². The molecule has 9 heteroatoms. The van der Waals surface area contributed by atoms with Gasteiger partial charge in [0.25, 0.3) is 0 Å². The van der Waals surface area contributed by atoms with E-state index in [-0.39, 0.29) is 18.1 Å². The van der Waals surface area contributed by atoms with E-state index in [0.717, 1.165) is 24.2 Å². The summed E-state index contributed by atoms with van der Waals surface area (Å²) in [6.45, 7) is 1.86. The summed E-state index contributed by atoms with van der Waals surface area (Å²) in [5, 5.41) is 12.6. The minimum Gasteiger partial charge on any atom is -0.497 e. The third-order valence-corrected chi connectivity index (χ3v) is 6.31. The van der Waals surface area contributed by atoms with E-state index >= 15 is 0 Å². The molecule has 0 radical (unpaired) electrons. The quantitative estimate of drug-likeness (QED) is 0.682. The van der Waals surface area contributed by atoms with Crippen LogP contribution in [0.3, 0.4) is 0 Å². The Balaban J connectivity index is 1.36. The number of methoxy groups -OCH3 is 1. The molecule has 28 heavy (non-hydrogen) atoms. The molecule has 1 aliphatic carbocycles. The van der Waals surface area contributed by atoms with E-state index in [1.165, 1.54) is 24.6 Å². The topological polar surface area (TPSA) is 82.4 Å². The summed E-state index contributed by atoms with van der Waals surface area (Å²) >= 11 is 1.39. The van der Waals surface area contributed by atoms with Gasteiger partial charge in [-0.15, -0.1) is 5.10 Å². The number of carbonyl (C=O) groups is 1. The molecule has 0 N–H and O–H groups in total. The highest BCUT2D eigenvalue weighted by Gasteiger charge is 2.36. The summed E-state index contributed by atoms with van der Waals surface area (Å²) in [5.41, 5.74) is 1.07. The van der Waals surface area contributed by atoms with Gasteiger partial charge in [-0.2, -0.15) is 0 Å². The van der Waals surface area contributed by atoms with E-state index in [0.29, 0.717) is 30.6 Å². The van der Waals surface area contributed by atoms with Crippen LogP contribution in [0, 0.1) is 0 Å². The lowest BCUT2D eigenvalue weighted by Crippen LogP contribution is -2.55. The molecule has 1 saturated carbocycles. The lowest BCUT2D eigenvalue weighted by atomic mass is 9.90. The Hall–Kier alpha value is -2.13. The number of hydrogen-bond donors (Lipinski definition) is 0. The fourth-order valence-electron chi connectivity index (χ4n) is 3.92. The Morgan fingerprint density at radius 2 is 2.11 bits per heavy atom. The van der Waals surface area contributed by atoms with Gasteiger partial charge in [-0.05, 0) is 41.0 Å². The highest BCUT2D eigenvalue weighted by molar-refractivity contribution is 7.99. The van der Waals surface area contributed by atoms with Crippen molar-refractivity contribution in [2.24, 2.45) is 0 Å². The van der Waals surface area contributed by atoms with Gasteiger partial charge in [-0.1, -0.05) is 36.7 Å². The zero-order valence-electron chi connectivity index (χ0n) is 16.0. The van der Waals surface area contributed by atoms with E-state index in [1.54, 1.807) is 11.8 Å². The van der Waals surface area contributed by atoms with Crippen molar-refractivity contribution in [2.45, 2.75) is 49.5 Å². The highest BCUT2D eigenvalue weighted by Crippen LogP contribution is 2.29. The first-order valence-corrected chi connectivity index (χ1v) is 10.7. The number of tetrazole rings is 1. The van der Waals surface area contributed by atoms with Gasteiger partial charge in [0.15, 0.2) is 0 Å². The zero-order valence-corrected chi connectivity index (χ0v) is 16.8. The van der Waals surface area contributed by atoms with E-state index in [4.69, 9.17) is 9.47 Å². The minimum absolute atomic E-state index is 0.143. The van der Waals surface area contributed by atoms with Crippen molar-refractivity contribution in [3.8, 4) is 5.75 Å². The van der Waals surface area contributed by atoms with Crippen molar-refractivity contribution in [2.75, 3.05) is 26.0 Å². The van der Waals surface area contributed by atoms with Crippen LogP contribution in [0.4, 0.5) is 0 Å². The lowest BCUT2D eigenvalue weighted by Gasteiger charge is -2.43. The van der Waals surface area contributed by atoms with Gasteiger partial charge in [0.1, 0.15) is 5.75 Å². The molecule has 2 heterocycles. The Morgan fingerprint density at radius 3 is 2.93 bits per heavy atom. The average Bonchev–Trinajstić information content (AvgIpc) is 3.19. The second-order valence-electron chi connectivity index (χ2n) is 7.10. The van der Waals surface area contributed by atoms with Gasteiger partial charge in [0, 0.05) is 6.54 Å². The molecule has 1 aromatic heterocycles. The molecular formula is C19H25N5O3S. The van der Waals surface area contributed by atoms with Crippen LogP contribution >= 0.6 is 11.8 Å². The van der Waals surface area contributed by atoms with Crippen molar-refractivity contribution in [3.05, 3.63) is 29.8 Å². The molecule has 1 aliphatic heterocycles. The maximum absolute atomic E-state index is 12.8. The molecule has 8 nitrogen and oxygen atoms in total. The van der Waals surface area contributed by atoms with Crippen LogP contribution in [0.25, 0.3) is 0 Å². The number of fused-ring (bicyclic) bond motifs is 1. The van der Waals surface area contributed by atoms with Crippen LogP contribution in [0.1, 0.15) is 31.2 Å². The zero-order chi connectivity index (χ0) is 19.3. The number of amides is 1. The molecule has 1 saturated heterocycles. The van der Waals surface area contributed by atoms with Crippen LogP contribution in [0.2, 0.25) is 0 Å². The number of hydrogen-bond acceptors (Lipinski definition) is 7. The number of carbonyl (C=O) groups excluding carboxylic acids is 1. The summed E-state index contributed by atoms with van der Waals surface area (Å²) in [5.74, 6) is 1.29. The first kappa shape index (κ1) is 19.2. The number of thioether (sulfide) groups is 1. The second-order valence-corrected chi connectivity index (χ2v) is 8.05. The molecule has 2 atom stereocenters. The molecular weight excluding hydrogens is 378 g/mol. The van der Waals surface area contributed by atoms with Gasteiger partial charge in [0.2, 0.25) is 11.1 Å². The monoisotopic (exact) mass is 403 g/mol. The average molecular weight is 404 g/mol. The Labute approximate surface area is 168 Å². The first-order valence-electron chi connectivity index (χ1n) is 9.67. The van der Waals surface area contributed by atoms with Crippen LogP contribution in [-0.2, 0) is 16.1 Å². The predicted molar refractivity (Wildman–Crippen MR) is 104 cm³/mol. The molecule has 0 bridgehead atoms. The molecule has 4 rings (SSSR count). The number of nitrogens with zero attached hydrogens (tertiary/aromatic N) is 5. The summed E-state index contributed by atoms with van der Waals surface area (Å²) in [6, 6.07) is 8.02. The summed E-state index contributed by atoms with van der Waals surface area (Å²) in [7, 11) is 1.64. The molecule has 2 aromatic rings. The number of ether oxygens (including phenoxy) is 2. The van der Waals surface area contributed by atoms with Crippen molar-refractivity contribution >= 4 is 17.7 Å². The largest absolute Gasteiger partial charge is 0.497 e. The molecule has 1 amide bonds. The van der Waals surface area contributed by atoms with Gasteiger partial charge >= 0.3 is 0 Å². The van der Waals surface area contributed by atoms with Crippen LogP contribution in [0.5, 0.6) is 5.75 Å². The highest BCUT2D eigenvalue weighted by atomic mass is 32.2. The third kappa shape index (κ3) is 4.30. The maximum Gasteiger partial charge on any atom is 0.233 e. The second kappa shape index (κ2) is 8.91. The van der Waals surface area contributed by atoms with Crippen molar-refractivity contribution in [1.29, 1.82) is 0 Å². The van der Waals surface area contributed by atoms with Gasteiger partial charge in [0.05, 0.1) is 38.2 Å². The lowest BCUT2D eigenvalue weighted by molar-refractivity contribution is -0.146. The van der Waals surface area contributed by atoms with E-state index in [2.05, 4.69) is 15.5 Å². The van der Waals surface area contributed by atoms with Crippen LogP contribution in [0.15, 0.2) is 29.4 Å². The van der Waals surface area contributed by atoms with Gasteiger partial charge in [-0.25, -0.2) is 4.68 Å². The Morgan fingerprint density at radius 1 is 1.29 bits per heavy atom. The van der Waals surface area contributed by atoms with Crippen LogP contribution < -0.4 is 4.74 Å². The Bertz CT molecular complexity index is 795. The predicted octanol–water partition coefficient (Wildman–Crippen LogP) is 1.99. The summed E-state index contributed by atoms with van der Waals surface area (Å²) < 4.78 is 12.8. The fraction of sp³-hybridized carbons (Fsp3) is 0.579. The minimum atomic E-state index is 0.143. The summed E-state index contributed by atoms with van der Waals surface area (Å²) in [4.78, 5) is 14.9. The number of rotatable bonds is 6. The number of benzene rings is 1. The maximum atomic E-state index is 12.8. The first-order chi connectivity index (χ1) is 13.7. The molecule has 2 aliphatic rings. The summed E-state index contributed by atoms with van der Waals surface area (Å²) in [6.07, 6.45) is 4.66. The third-order valence-electron chi connectivity index (χ3n) is 5.37. The van der Waals surface area contributed by atoms with Crippen LogP contribution in [-0.4, -0.2) is 69.2 Å². The van der Waals surface area contributed by atoms with Crippen molar-refractivity contribution in [3.63, 3.8) is 0 Å². The molecule has 1 aromatic carbocycles. The van der Waals surface area contributed by atoms with E-state index < -0.39 is 0 Å². The van der Waals surface area contributed by atoms with Gasteiger partial charge < -0.3 is 14.4 Å². The number of aromatic nitrogens is 4. The molecule has 150 valence electrons. The molecule has 2 unspecified atom stereocenters. The smallest absolute Gasteiger partial charge is 0.233 e. The Kier molecular flexibility index (Phi) is 6.11. The van der Waals surface area contributed by atoms with E-state index in [1.807, 2.05) is 29.2 Å². The molecule has 0 spiro atoms. The number of morpholine rings is 1. The van der Waals surface area contributed by atoms with Crippen molar-refractivity contribution < 1.29 is 14.3 Å². The van der Waals surface area contributed by atoms with E-state index in [9.17, 15) is 4.79 Å². The molecule has 2 fully saturated rings. The SMILES string of the molecule is COc1ccc(Cn2nnnc2SCC(=O)N2CCOC3CCCCC32)cc1. The standard InChI is InChI=1S/C19H25N5O3S/c1-26-15-8-6-14(7-9-15)12-24-19(20-21-22-24)28-13-18(25)23-10-11-27-17-5-3-2-4-16(17)23/h6-9,16-17H,2-5,10-13H2,1H3. The van der Waals surface area contributed by atoms with Crippen molar-refractivity contribution in [1.82, 2.24) is 25.1 Å².